The van der Waals surface area contributed by atoms with Gasteiger partial charge in [-0.1, -0.05) is 39.0 Å². The maximum atomic E-state index is 12.2. The van der Waals surface area contributed by atoms with E-state index in [0.717, 1.165) is 17.7 Å². The quantitative estimate of drug-likeness (QED) is 0.897. The maximum absolute atomic E-state index is 12.2. The van der Waals surface area contributed by atoms with Gasteiger partial charge in [-0.2, -0.15) is 0 Å². The summed E-state index contributed by atoms with van der Waals surface area (Å²) in [5, 5.41) is 0. The lowest BCUT2D eigenvalue weighted by Gasteiger charge is -2.30. The summed E-state index contributed by atoms with van der Waals surface area (Å²) in [4.78, 5) is 13.9. The Hall–Kier alpha value is -1.55. The second-order valence-corrected chi connectivity index (χ2v) is 6.17. The molecular formula is C16H26N2O2. The van der Waals surface area contributed by atoms with E-state index in [1.165, 1.54) is 0 Å². The zero-order chi connectivity index (χ0) is 15.3. The van der Waals surface area contributed by atoms with Crippen LogP contribution in [0.5, 0.6) is 5.75 Å². The molecule has 0 unspecified atom stereocenters. The van der Waals surface area contributed by atoms with Gasteiger partial charge >= 0.3 is 0 Å². The van der Waals surface area contributed by atoms with Crippen LogP contribution in [-0.4, -0.2) is 37.6 Å². The molecule has 4 heteroatoms. The number of ether oxygens (including phenoxy) is 1. The number of benzene rings is 1. The minimum Gasteiger partial charge on any atom is -0.496 e. The topological polar surface area (TPSA) is 55.6 Å². The highest BCUT2D eigenvalue weighted by Crippen LogP contribution is 2.20. The summed E-state index contributed by atoms with van der Waals surface area (Å²) in [6.07, 6.45) is 0.753. The average Bonchev–Trinajstić information content (AvgIpc) is 2.42. The molecule has 20 heavy (non-hydrogen) atoms. The molecule has 1 aromatic rings. The van der Waals surface area contributed by atoms with Crippen LogP contribution in [0.2, 0.25) is 0 Å². The molecule has 4 nitrogen and oxygen atoms in total. The number of likely N-dealkylation sites (N-methyl/N-ethyl adjacent to an activating group) is 1. The largest absolute Gasteiger partial charge is 0.496 e. The van der Waals surface area contributed by atoms with Gasteiger partial charge in [-0.25, -0.2) is 0 Å². The van der Waals surface area contributed by atoms with Crippen molar-refractivity contribution in [3.05, 3.63) is 29.8 Å². The SMILES string of the molecule is COc1ccccc1CCN(C)C(=O)[C@@H](N)C(C)(C)C. The van der Waals surface area contributed by atoms with Crippen molar-refractivity contribution in [3.8, 4) is 5.75 Å². The van der Waals surface area contributed by atoms with Gasteiger partial charge in [0.05, 0.1) is 13.2 Å². The fourth-order valence-corrected chi connectivity index (χ4v) is 1.92. The number of rotatable bonds is 5. The van der Waals surface area contributed by atoms with Gasteiger partial charge in [0.1, 0.15) is 5.75 Å². The van der Waals surface area contributed by atoms with Crippen molar-refractivity contribution in [2.24, 2.45) is 11.1 Å². The fourth-order valence-electron chi connectivity index (χ4n) is 1.92. The van der Waals surface area contributed by atoms with Crippen LogP contribution >= 0.6 is 0 Å². The molecule has 0 spiro atoms. The fraction of sp³-hybridized carbons (Fsp3) is 0.562. The van der Waals surface area contributed by atoms with E-state index in [4.69, 9.17) is 10.5 Å². The molecule has 2 N–H and O–H groups in total. The van der Waals surface area contributed by atoms with Crippen LogP contribution in [0.25, 0.3) is 0 Å². The number of carbonyl (C=O) groups is 1. The van der Waals surface area contributed by atoms with Gasteiger partial charge < -0.3 is 15.4 Å². The average molecular weight is 278 g/mol. The molecule has 0 saturated carbocycles. The predicted molar refractivity (Wildman–Crippen MR) is 81.8 cm³/mol. The number of para-hydroxylation sites is 1. The van der Waals surface area contributed by atoms with Crippen molar-refractivity contribution in [2.45, 2.75) is 33.2 Å². The molecule has 1 rings (SSSR count). The number of hydrogen-bond donors (Lipinski definition) is 1. The molecule has 0 aliphatic carbocycles. The van der Waals surface area contributed by atoms with E-state index in [-0.39, 0.29) is 11.3 Å². The highest BCUT2D eigenvalue weighted by molar-refractivity contribution is 5.82. The van der Waals surface area contributed by atoms with Gasteiger partial charge in [-0.3, -0.25) is 4.79 Å². The third-order valence-corrected chi connectivity index (χ3v) is 3.48. The number of amides is 1. The van der Waals surface area contributed by atoms with Crippen LogP contribution in [0.3, 0.4) is 0 Å². The normalized spacial score (nSPS) is 12.9. The first-order valence-electron chi connectivity index (χ1n) is 6.90. The molecule has 0 radical (unpaired) electrons. The van der Waals surface area contributed by atoms with E-state index >= 15 is 0 Å². The predicted octanol–water partition coefficient (Wildman–Crippen LogP) is 2.07. The summed E-state index contributed by atoms with van der Waals surface area (Å²) >= 11 is 0. The van der Waals surface area contributed by atoms with Gasteiger partial charge in [0, 0.05) is 13.6 Å². The van der Waals surface area contributed by atoms with E-state index in [2.05, 4.69) is 0 Å². The van der Waals surface area contributed by atoms with Gasteiger partial charge in [-0.15, -0.1) is 0 Å². The van der Waals surface area contributed by atoms with Crippen LogP contribution in [0, 0.1) is 5.41 Å². The van der Waals surface area contributed by atoms with E-state index in [0.29, 0.717) is 6.54 Å². The number of nitrogens with zero attached hydrogens (tertiary/aromatic N) is 1. The van der Waals surface area contributed by atoms with E-state index < -0.39 is 6.04 Å². The Balaban J connectivity index is 2.63. The number of carbonyl (C=O) groups excluding carboxylic acids is 1. The van der Waals surface area contributed by atoms with Crippen LogP contribution in [0.4, 0.5) is 0 Å². The summed E-state index contributed by atoms with van der Waals surface area (Å²) in [6.45, 7) is 6.56. The van der Waals surface area contributed by atoms with Crippen molar-refractivity contribution in [2.75, 3.05) is 20.7 Å². The summed E-state index contributed by atoms with van der Waals surface area (Å²) in [5.41, 5.74) is 6.87. The van der Waals surface area contributed by atoms with Crippen LogP contribution < -0.4 is 10.5 Å². The highest BCUT2D eigenvalue weighted by atomic mass is 16.5. The highest BCUT2D eigenvalue weighted by Gasteiger charge is 2.29. The lowest BCUT2D eigenvalue weighted by atomic mass is 9.86. The lowest BCUT2D eigenvalue weighted by molar-refractivity contribution is -0.133. The monoisotopic (exact) mass is 278 g/mol. The zero-order valence-corrected chi connectivity index (χ0v) is 13.1. The molecular weight excluding hydrogens is 252 g/mol. The second-order valence-electron chi connectivity index (χ2n) is 6.17. The summed E-state index contributed by atoms with van der Waals surface area (Å²) < 4.78 is 5.31. The Bertz CT molecular complexity index is 452. The van der Waals surface area contributed by atoms with E-state index in [1.807, 2.05) is 45.0 Å². The van der Waals surface area contributed by atoms with Crippen LogP contribution in [-0.2, 0) is 11.2 Å². The molecule has 0 aromatic heterocycles. The first-order chi connectivity index (χ1) is 9.27. The van der Waals surface area contributed by atoms with Crippen LogP contribution in [0.15, 0.2) is 24.3 Å². The van der Waals surface area contributed by atoms with Gasteiger partial charge in [0.25, 0.3) is 0 Å². The van der Waals surface area contributed by atoms with Crippen molar-refractivity contribution in [1.29, 1.82) is 0 Å². The molecule has 112 valence electrons. The van der Waals surface area contributed by atoms with E-state index in [1.54, 1.807) is 19.1 Å². The summed E-state index contributed by atoms with van der Waals surface area (Å²) in [7, 11) is 3.45. The Labute approximate surface area is 121 Å². The van der Waals surface area contributed by atoms with Gasteiger partial charge in [-0.05, 0) is 23.5 Å². The molecule has 1 aromatic carbocycles. The second kappa shape index (κ2) is 6.75. The van der Waals surface area contributed by atoms with Gasteiger partial charge in [0.15, 0.2) is 0 Å². The Morgan fingerprint density at radius 1 is 1.35 bits per heavy atom. The summed E-state index contributed by atoms with van der Waals surface area (Å²) in [5.74, 6) is 0.834. The molecule has 0 heterocycles. The molecule has 0 aliphatic rings. The third-order valence-electron chi connectivity index (χ3n) is 3.48. The molecule has 1 atom stereocenters. The number of methoxy groups -OCH3 is 1. The maximum Gasteiger partial charge on any atom is 0.239 e. The first kappa shape index (κ1) is 16.5. The standard InChI is InChI=1S/C16H26N2O2/c1-16(2,3)14(17)15(19)18(4)11-10-12-8-6-7-9-13(12)20-5/h6-9,14H,10-11,17H2,1-5H3/t14-/m1/s1. The molecule has 1 amide bonds. The Kier molecular flexibility index (Phi) is 5.57. The van der Waals surface area contributed by atoms with Gasteiger partial charge in [0.2, 0.25) is 5.91 Å². The smallest absolute Gasteiger partial charge is 0.239 e. The summed E-state index contributed by atoms with van der Waals surface area (Å²) in [6, 6.07) is 7.37. The van der Waals surface area contributed by atoms with Crippen LogP contribution in [0.1, 0.15) is 26.3 Å². The number of hydrogen-bond acceptors (Lipinski definition) is 3. The van der Waals surface area contributed by atoms with Crippen molar-refractivity contribution < 1.29 is 9.53 Å². The van der Waals surface area contributed by atoms with Crippen molar-refractivity contribution >= 4 is 5.91 Å². The molecule has 0 aliphatic heterocycles. The minimum absolute atomic E-state index is 0.0209. The van der Waals surface area contributed by atoms with Crippen molar-refractivity contribution in [3.63, 3.8) is 0 Å². The lowest BCUT2D eigenvalue weighted by Crippen LogP contribution is -2.49. The molecule has 0 bridgehead atoms. The van der Waals surface area contributed by atoms with Crippen molar-refractivity contribution in [1.82, 2.24) is 4.90 Å². The molecule has 0 saturated heterocycles. The molecule has 0 fully saturated rings. The minimum atomic E-state index is -0.481. The Morgan fingerprint density at radius 2 is 1.95 bits per heavy atom. The third kappa shape index (κ3) is 4.23. The zero-order valence-electron chi connectivity index (χ0n) is 13.1. The first-order valence-corrected chi connectivity index (χ1v) is 6.90. The van der Waals surface area contributed by atoms with E-state index in [9.17, 15) is 4.79 Å². The number of nitrogens with two attached hydrogens (primary N) is 1. The Morgan fingerprint density at radius 3 is 2.50 bits per heavy atom.